The average molecular weight is 357 g/mol. The van der Waals surface area contributed by atoms with Crippen molar-refractivity contribution in [2.75, 3.05) is 26.2 Å². The zero-order valence-corrected chi connectivity index (χ0v) is 15.4. The molecule has 2 atom stereocenters. The van der Waals surface area contributed by atoms with Gasteiger partial charge in [0, 0.05) is 37.8 Å². The maximum atomic E-state index is 13.2. The summed E-state index contributed by atoms with van der Waals surface area (Å²) in [6, 6.07) is 3.66. The lowest BCUT2D eigenvalue weighted by Gasteiger charge is -2.36. The van der Waals surface area contributed by atoms with Gasteiger partial charge in [-0.15, -0.1) is 0 Å². The minimum atomic E-state index is -0.0193. The van der Waals surface area contributed by atoms with Crippen molar-refractivity contribution < 1.29 is 14.3 Å². The van der Waals surface area contributed by atoms with Crippen LogP contribution in [0.5, 0.6) is 5.88 Å². The van der Waals surface area contributed by atoms with Gasteiger partial charge in [-0.1, -0.05) is 6.42 Å². The van der Waals surface area contributed by atoms with Crippen LogP contribution in [0.4, 0.5) is 0 Å². The highest BCUT2D eigenvalue weighted by molar-refractivity contribution is 5.96. The van der Waals surface area contributed by atoms with E-state index in [1.54, 1.807) is 18.3 Å². The molecule has 1 aromatic rings. The molecule has 1 aliphatic carbocycles. The maximum Gasteiger partial charge on any atom is 0.259 e. The fourth-order valence-electron chi connectivity index (χ4n) is 4.38. The second-order valence-corrected chi connectivity index (χ2v) is 7.71. The Bertz CT molecular complexity index is 689. The molecule has 2 unspecified atom stereocenters. The number of fused-ring (bicyclic) bond motifs is 4. The largest absolute Gasteiger partial charge is 0.477 e. The van der Waals surface area contributed by atoms with Gasteiger partial charge in [-0.05, 0) is 50.7 Å². The number of hydrogen-bond donors (Lipinski definition) is 0. The minimum absolute atomic E-state index is 0.0193. The summed E-state index contributed by atoms with van der Waals surface area (Å²) in [5.74, 6) is 1.28. The molecule has 3 aliphatic heterocycles. The van der Waals surface area contributed by atoms with Crippen molar-refractivity contribution in [1.29, 1.82) is 0 Å². The summed E-state index contributed by atoms with van der Waals surface area (Å²) in [7, 11) is 0. The highest BCUT2D eigenvalue weighted by Crippen LogP contribution is 2.34. The Morgan fingerprint density at radius 1 is 1.19 bits per heavy atom. The van der Waals surface area contributed by atoms with Gasteiger partial charge in [-0.25, -0.2) is 4.98 Å². The molecule has 4 fully saturated rings. The van der Waals surface area contributed by atoms with E-state index in [-0.39, 0.29) is 17.9 Å². The highest BCUT2D eigenvalue weighted by Gasteiger charge is 2.41. The minimum Gasteiger partial charge on any atom is -0.477 e. The Labute approximate surface area is 154 Å². The number of hydrogen-bond acceptors (Lipinski definition) is 4. The first kappa shape index (κ1) is 17.3. The summed E-state index contributed by atoms with van der Waals surface area (Å²) in [5.41, 5.74) is 0.527. The van der Waals surface area contributed by atoms with Crippen LogP contribution in [0.2, 0.25) is 0 Å². The van der Waals surface area contributed by atoms with Crippen molar-refractivity contribution in [1.82, 2.24) is 14.8 Å². The fourth-order valence-corrected chi connectivity index (χ4v) is 4.38. The number of piperidine rings is 1. The van der Waals surface area contributed by atoms with Gasteiger partial charge in [-0.3, -0.25) is 9.59 Å². The second-order valence-electron chi connectivity index (χ2n) is 7.71. The van der Waals surface area contributed by atoms with E-state index in [0.717, 1.165) is 38.8 Å². The van der Waals surface area contributed by atoms with Crippen LogP contribution < -0.4 is 4.74 Å². The molecule has 2 amide bonds. The van der Waals surface area contributed by atoms with Crippen LogP contribution in [-0.2, 0) is 4.79 Å². The first-order chi connectivity index (χ1) is 12.7. The first-order valence-corrected chi connectivity index (χ1v) is 9.85. The molecule has 4 aliphatic rings. The molecule has 5 rings (SSSR count). The number of carbonyl (C=O) groups is 2. The van der Waals surface area contributed by atoms with Crippen LogP contribution in [-0.4, -0.2) is 58.9 Å². The summed E-state index contributed by atoms with van der Waals surface area (Å²) >= 11 is 0. The van der Waals surface area contributed by atoms with Gasteiger partial charge >= 0.3 is 0 Å². The van der Waals surface area contributed by atoms with E-state index >= 15 is 0 Å². The van der Waals surface area contributed by atoms with E-state index in [4.69, 9.17) is 4.74 Å². The lowest BCUT2D eigenvalue weighted by Crippen LogP contribution is -2.48. The molecular formula is C20H27N3O3. The standard InChI is InChI=1S/C20H27N3O3/c1-2-26-18-17(7-4-10-21-18)20(25)23-12-14-8-9-16(23)13-22(11-14)19(24)15-5-3-6-15/h4,7,10,14-16H,2-3,5-6,8-9,11-13H2,1H3. The molecular weight excluding hydrogens is 330 g/mol. The van der Waals surface area contributed by atoms with E-state index in [9.17, 15) is 9.59 Å². The SMILES string of the molecule is CCOc1ncccc1C(=O)N1CC2CCC1CN(C(=O)C1CCC1)C2. The zero-order valence-electron chi connectivity index (χ0n) is 15.4. The Balaban J connectivity index is 1.53. The molecule has 3 saturated heterocycles. The number of nitrogens with zero attached hydrogens (tertiary/aromatic N) is 3. The van der Waals surface area contributed by atoms with E-state index in [1.165, 1.54) is 6.42 Å². The lowest BCUT2D eigenvalue weighted by atomic mass is 9.84. The summed E-state index contributed by atoms with van der Waals surface area (Å²) in [4.78, 5) is 34.2. The Morgan fingerprint density at radius 2 is 2.04 bits per heavy atom. The van der Waals surface area contributed by atoms with Crippen molar-refractivity contribution in [3.63, 3.8) is 0 Å². The predicted octanol–water partition coefficient (Wildman–Crippen LogP) is 2.34. The third kappa shape index (κ3) is 3.17. The molecule has 1 aromatic heterocycles. The molecule has 2 bridgehead atoms. The van der Waals surface area contributed by atoms with Crippen LogP contribution in [0.1, 0.15) is 49.4 Å². The van der Waals surface area contributed by atoms with Crippen LogP contribution in [0.15, 0.2) is 18.3 Å². The summed E-state index contributed by atoms with van der Waals surface area (Å²) in [6.07, 6.45) is 6.93. The quantitative estimate of drug-likeness (QED) is 0.830. The number of carbonyl (C=O) groups excluding carboxylic acids is 2. The molecule has 0 spiro atoms. The lowest BCUT2D eigenvalue weighted by molar-refractivity contribution is -0.138. The third-order valence-electron chi connectivity index (χ3n) is 6.02. The Morgan fingerprint density at radius 3 is 2.77 bits per heavy atom. The predicted molar refractivity (Wildman–Crippen MR) is 96.9 cm³/mol. The third-order valence-corrected chi connectivity index (χ3v) is 6.02. The number of ether oxygens (including phenoxy) is 1. The van der Waals surface area contributed by atoms with E-state index in [1.807, 2.05) is 16.7 Å². The molecule has 0 aromatic carbocycles. The molecule has 0 radical (unpaired) electrons. The topological polar surface area (TPSA) is 62.7 Å². The van der Waals surface area contributed by atoms with E-state index in [2.05, 4.69) is 4.98 Å². The Kier molecular flexibility index (Phi) is 4.83. The van der Waals surface area contributed by atoms with Crippen LogP contribution in [0.3, 0.4) is 0 Å². The van der Waals surface area contributed by atoms with Crippen molar-refractivity contribution >= 4 is 11.8 Å². The van der Waals surface area contributed by atoms with Gasteiger partial charge in [0.25, 0.3) is 5.91 Å². The normalized spacial score (nSPS) is 25.6. The number of amides is 2. The van der Waals surface area contributed by atoms with E-state index in [0.29, 0.717) is 36.4 Å². The van der Waals surface area contributed by atoms with Gasteiger partial charge < -0.3 is 14.5 Å². The van der Waals surface area contributed by atoms with Crippen LogP contribution in [0.25, 0.3) is 0 Å². The molecule has 140 valence electrons. The van der Waals surface area contributed by atoms with Gasteiger partial charge in [0.1, 0.15) is 5.56 Å². The molecule has 6 heteroatoms. The van der Waals surface area contributed by atoms with E-state index < -0.39 is 0 Å². The van der Waals surface area contributed by atoms with Gasteiger partial charge in [0.2, 0.25) is 11.8 Å². The zero-order chi connectivity index (χ0) is 18.1. The number of rotatable bonds is 4. The van der Waals surface area contributed by atoms with Crippen molar-refractivity contribution in [3.8, 4) is 5.88 Å². The highest BCUT2D eigenvalue weighted by atomic mass is 16.5. The van der Waals surface area contributed by atoms with Crippen LogP contribution in [0, 0.1) is 11.8 Å². The monoisotopic (exact) mass is 357 g/mol. The molecule has 6 nitrogen and oxygen atoms in total. The average Bonchev–Trinajstić information content (AvgIpc) is 2.92. The van der Waals surface area contributed by atoms with Crippen molar-refractivity contribution in [2.24, 2.45) is 11.8 Å². The van der Waals surface area contributed by atoms with Crippen molar-refractivity contribution in [2.45, 2.75) is 45.1 Å². The first-order valence-electron chi connectivity index (χ1n) is 9.85. The van der Waals surface area contributed by atoms with Crippen LogP contribution >= 0.6 is 0 Å². The smallest absolute Gasteiger partial charge is 0.259 e. The summed E-state index contributed by atoms with van der Waals surface area (Å²) in [5, 5.41) is 0. The maximum absolute atomic E-state index is 13.2. The molecule has 26 heavy (non-hydrogen) atoms. The number of aromatic nitrogens is 1. The number of pyridine rings is 1. The summed E-state index contributed by atoms with van der Waals surface area (Å²) < 4.78 is 5.55. The molecule has 0 N–H and O–H groups in total. The second kappa shape index (κ2) is 7.25. The Hall–Kier alpha value is -2.11. The molecule has 4 heterocycles. The van der Waals surface area contributed by atoms with Gasteiger partial charge in [0.05, 0.1) is 6.61 Å². The summed E-state index contributed by atoms with van der Waals surface area (Å²) in [6.45, 7) is 4.55. The van der Waals surface area contributed by atoms with Crippen molar-refractivity contribution in [3.05, 3.63) is 23.9 Å². The molecule has 1 saturated carbocycles. The van der Waals surface area contributed by atoms with Gasteiger partial charge in [-0.2, -0.15) is 0 Å². The fraction of sp³-hybridized carbons (Fsp3) is 0.650. The van der Waals surface area contributed by atoms with Gasteiger partial charge in [0.15, 0.2) is 0 Å².